The maximum atomic E-state index is 13.1. The maximum Gasteiger partial charge on any atom is 0.255 e. The molecular weight excluding hydrogens is 468 g/mol. The number of rotatable bonds is 4. The monoisotopic (exact) mass is 506 g/mol. The Bertz CT molecular complexity index is 1220. The fourth-order valence-corrected chi connectivity index (χ4v) is 5.05. The molecule has 3 aliphatic heterocycles. The molecule has 0 saturated carbocycles. The fraction of sp³-hybridized carbons (Fsp3) is 0.464. The predicted octanol–water partition coefficient (Wildman–Crippen LogP) is 2.65. The van der Waals surface area contributed by atoms with Gasteiger partial charge in [0, 0.05) is 64.5 Å². The summed E-state index contributed by atoms with van der Waals surface area (Å²) in [5.74, 6) is -0.826. The summed E-state index contributed by atoms with van der Waals surface area (Å²) < 4.78 is 1.92. The third kappa shape index (κ3) is 5.94. The second kappa shape index (κ2) is 11.7. The minimum Gasteiger partial charge on any atom is -0.322 e. The van der Waals surface area contributed by atoms with Crippen LogP contribution in [0, 0.1) is 6.92 Å². The SMILES string of the molecule is CC.Cc1ccn(C)[nH]c(-c2ccc3c(c2)CN(C2CCC(=O)NC2=O)C3=O)cc1CN1CCNCC1. The van der Waals surface area contributed by atoms with Crippen LogP contribution in [0.2, 0.25) is 0 Å². The third-order valence-corrected chi connectivity index (χ3v) is 7.11. The van der Waals surface area contributed by atoms with Gasteiger partial charge in [-0.15, -0.1) is 0 Å². The molecule has 2 saturated heterocycles. The third-order valence-electron chi connectivity index (χ3n) is 7.11. The molecular formula is C28H38N6O3. The Labute approximate surface area is 218 Å². The average Bonchev–Trinajstić information content (AvgIpc) is 3.22. The highest BCUT2D eigenvalue weighted by Crippen LogP contribution is 2.31. The van der Waals surface area contributed by atoms with E-state index in [1.165, 1.54) is 11.1 Å². The van der Waals surface area contributed by atoms with Crippen LogP contribution in [0.4, 0.5) is 0 Å². The van der Waals surface area contributed by atoms with Gasteiger partial charge in [-0.3, -0.25) is 34.4 Å². The highest BCUT2D eigenvalue weighted by atomic mass is 16.2. The van der Waals surface area contributed by atoms with Gasteiger partial charge in [0.15, 0.2) is 0 Å². The molecule has 1 aromatic carbocycles. The number of nitrogens with one attached hydrogen (secondary N) is 3. The summed E-state index contributed by atoms with van der Waals surface area (Å²) in [6.45, 7) is 11.4. The number of aryl methyl sites for hydroxylation is 2. The first-order valence-corrected chi connectivity index (χ1v) is 13.2. The van der Waals surface area contributed by atoms with E-state index >= 15 is 0 Å². The second-order valence-electron chi connectivity index (χ2n) is 9.60. The van der Waals surface area contributed by atoms with Gasteiger partial charge in [-0.1, -0.05) is 19.9 Å². The smallest absolute Gasteiger partial charge is 0.255 e. The highest BCUT2D eigenvalue weighted by Gasteiger charge is 2.39. The molecule has 2 aromatic rings. The number of amides is 3. The molecule has 1 unspecified atom stereocenters. The number of aromatic amines is 1. The van der Waals surface area contributed by atoms with Gasteiger partial charge in [-0.25, -0.2) is 0 Å². The maximum absolute atomic E-state index is 13.1. The van der Waals surface area contributed by atoms with Crippen molar-refractivity contribution in [1.82, 2.24) is 30.2 Å². The molecule has 0 aliphatic carbocycles. The first kappa shape index (κ1) is 26.6. The minimum absolute atomic E-state index is 0.157. The van der Waals surface area contributed by atoms with Gasteiger partial charge in [-0.05, 0) is 59.9 Å². The average molecular weight is 507 g/mol. The standard InChI is InChI=1S/C26H32N6O3.C2H6/c1-17-7-10-30(2)29-22(14-19(17)15-31-11-8-27-9-12-31)18-3-4-21-20(13-18)16-32(26(21)35)23-5-6-24(33)28-25(23)34;1-2/h3-4,7,10,13-14,23,27,29H,5-6,8-9,11-12,15-16H2,1-2H3,(H,28,33,34);1-2H3. The molecule has 1 atom stereocenters. The summed E-state index contributed by atoms with van der Waals surface area (Å²) in [5, 5.41) is 9.22. The lowest BCUT2D eigenvalue weighted by Gasteiger charge is -2.29. The molecule has 9 heteroatoms. The molecule has 3 N–H and O–H groups in total. The van der Waals surface area contributed by atoms with Crippen LogP contribution in [0.5, 0.6) is 0 Å². The summed E-state index contributed by atoms with van der Waals surface area (Å²) in [6.07, 6.45) is 2.63. The van der Waals surface area contributed by atoms with Gasteiger partial charge >= 0.3 is 0 Å². The van der Waals surface area contributed by atoms with E-state index in [9.17, 15) is 14.4 Å². The number of fused-ring (bicyclic) bond motifs is 1. The molecule has 37 heavy (non-hydrogen) atoms. The number of carbonyl (C=O) groups is 3. The molecule has 0 spiro atoms. The number of hydrogen-bond donors (Lipinski definition) is 3. The number of piperidine rings is 1. The van der Waals surface area contributed by atoms with Crippen molar-refractivity contribution in [3.8, 4) is 11.3 Å². The number of nitrogens with zero attached hydrogens (tertiary/aromatic N) is 3. The van der Waals surface area contributed by atoms with Gasteiger partial charge in [-0.2, -0.15) is 0 Å². The predicted molar refractivity (Wildman–Crippen MR) is 143 cm³/mol. The number of H-pyrrole nitrogens is 1. The van der Waals surface area contributed by atoms with Crippen molar-refractivity contribution in [1.29, 1.82) is 0 Å². The van der Waals surface area contributed by atoms with E-state index in [0.29, 0.717) is 18.5 Å². The molecule has 9 nitrogen and oxygen atoms in total. The van der Waals surface area contributed by atoms with E-state index in [-0.39, 0.29) is 18.2 Å². The van der Waals surface area contributed by atoms with Crippen LogP contribution < -0.4 is 10.6 Å². The first-order chi connectivity index (χ1) is 17.9. The van der Waals surface area contributed by atoms with Crippen molar-refractivity contribution in [2.45, 2.75) is 52.7 Å². The lowest BCUT2D eigenvalue weighted by Crippen LogP contribution is -2.52. The van der Waals surface area contributed by atoms with Gasteiger partial charge in [0.25, 0.3) is 5.91 Å². The molecule has 0 bridgehead atoms. The number of benzene rings is 1. The Balaban J connectivity index is 0.00000156. The van der Waals surface area contributed by atoms with Crippen LogP contribution >= 0.6 is 0 Å². The van der Waals surface area contributed by atoms with E-state index in [4.69, 9.17) is 0 Å². The Hall–Kier alpha value is -3.43. The van der Waals surface area contributed by atoms with Crippen molar-refractivity contribution in [2.75, 3.05) is 26.2 Å². The van der Waals surface area contributed by atoms with Crippen LogP contribution in [-0.4, -0.2) is 69.5 Å². The molecule has 5 rings (SSSR count). The Morgan fingerprint density at radius 2 is 1.78 bits per heavy atom. The lowest BCUT2D eigenvalue weighted by atomic mass is 10.0. The molecule has 3 aliphatic rings. The van der Waals surface area contributed by atoms with Crippen LogP contribution in [0.25, 0.3) is 11.3 Å². The number of piperazine rings is 1. The van der Waals surface area contributed by atoms with Crippen LogP contribution in [0.15, 0.2) is 36.5 Å². The molecule has 3 amide bonds. The Kier molecular flexibility index (Phi) is 8.45. The van der Waals surface area contributed by atoms with Crippen LogP contribution in [-0.2, 0) is 29.7 Å². The van der Waals surface area contributed by atoms with Crippen molar-refractivity contribution in [3.05, 3.63) is 58.8 Å². The quantitative estimate of drug-likeness (QED) is 0.554. The zero-order valence-corrected chi connectivity index (χ0v) is 22.3. The number of aromatic nitrogens is 2. The molecule has 0 radical (unpaired) electrons. The van der Waals surface area contributed by atoms with Crippen LogP contribution in [0.1, 0.15) is 53.7 Å². The van der Waals surface area contributed by atoms with Crippen molar-refractivity contribution in [3.63, 3.8) is 0 Å². The summed E-state index contributed by atoms with van der Waals surface area (Å²) in [5.41, 5.74) is 5.91. The molecule has 4 heterocycles. The minimum atomic E-state index is -0.609. The Morgan fingerprint density at radius 3 is 2.51 bits per heavy atom. The topological polar surface area (TPSA) is 102 Å². The van der Waals surface area contributed by atoms with E-state index in [1.807, 2.05) is 50.0 Å². The van der Waals surface area contributed by atoms with Gasteiger partial charge in [0.05, 0.1) is 5.69 Å². The summed E-state index contributed by atoms with van der Waals surface area (Å²) >= 11 is 0. The summed E-state index contributed by atoms with van der Waals surface area (Å²) in [6, 6.07) is 9.56. The number of carbonyl (C=O) groups excluding carboxylic acids is 3. The fourth-order valence-electron chi connectivity index (χ4n) is 5.05. The van der Waals surface area contributed by atoms with Gasteiger partial charge in [0.2, 0.25) is 11.8 Å². The zero-order chi connectivity index (χ0) is 26.5. The first-order valence-electron chi connectivity index (χ1n) is 13.2. The van der Waals surface area contributed by atoms with Crippen molar-refractivity contribution in [2.24, 2.45) is 7.05 Å². The van der Waals surface area contributed by atoms with Crippen LogP contribution in [0.3, 0.4) is 0 Å². The molecule has 198 valence electrons. The normalized spacial score (nSPS) is 19.6. The lowest BCUT2D eigenvalue weighted by molar-refractivity contribution is -0.136. The zero-order valence-electron chi connectivity index (χ0n) is 22.3. The number of hydrogen-bond acceptors (Lipinski definition) is 5. The molecule has 1 aromatic heterocycles. The summed E-state index contributed by atoms with van der Waals surface area (Å²) in [4.78, 5) is 41.0. The Morgan fingerprint density at radius 1 is 1.03 bits per heavy atom. The summed E-state index contributed by atoms with van der Waals surface area (Å²) in [7, 11) is 1.96. The van der Waals surface area contributed by atoms with E-state index in [0.717, 1.165) is 49.5 Å². The van der Waals surface area contributed by atoms with E-state index in [1.54, 1.807) is 4.90 Å². The van der Waals surface area contributed by atoms with Gasteiger partial charge < -0.3 is 10.2 Å². The largest absolute Gasteiger partial charge is 0.322 e. The highest BCUT2D eigenvalue weighted by molar-refractivity contribution is 6.05. The number of imide groups is 1. The second-order valence-corrected chi connectivity index (χ2v) is 9.60. The van der Waals surface area contributed by atoms with E-state index < -0.39 is 11.9 Å². The molecule has 2 fully saturated rings. The van der Waals surface area contributed by atoms with Crippen molar-refractivity contribution >= 4 is 17.7 Å². The van der Waals surface area contributed by atoms with E-state index in [2.05, 4.69) is 39.7 Å². The van der Waals surface area contributed by atoms with Gasteiger partial charge in [0.1, 0.15) is 6.04 Å². The van der Waals surface area contributed by atoms with Crippen molar-refractivity contribution < 1.29 is 14.4 Å².